The minimum absolute atomic E-state index is 0.891. The van der Waals surface area contributed by atoms with E-state index in [2.05, 4.69) is 261 Å². The zero-order valence-electron chi connectivity index (χ0n) is 41.9. The van der Waals surface area contributed by atoms with Crippen molar-refractivity contribution in [2.75, 3.05) is 0 Å². The van der Waals surface area contributed by atoms with E-state index in [0.29, 0.717) is 0 Å². The zero-order valence-corrected chi connectivity index (χ0v) is 42.7. The van der Waals surface area contributed by atoms with E-state index < -0.39 is 0 Å². The highest BCUT2D eigenvalue weighted by molar-refractivity contribution is 7.25. The minimum Gasteiger partial charge on any atom is -0.456 e. The summed E-state index contributed by atoms with van der Waals surface area (Å²) in [5.74, 6) is 0. The lowest BCUT2D eigenvalue weighted by Gasteiger charge is -2.12. The molecule has 0 saturated carbocycles. The molecule has 0 atom stereocenters. The van der Waals surface area contributed by atoms with Gasteiger partial charge in [-0.2, -0.15) is 0 Å². The molecule has 0 saturated heterocycles. The van der Waals surface area contributed by atoms with E-state index in [9.17, 15) is 0 Å². The van der Waals surface area contributed by atoms with E-state index in [-0.39, 0.29) is 0 Å². The van der Waals surface area contributed by atoms with Crippen molar-refractivity contribution in [3.8, 4) is 33.9 Å². The van der Waals surface area contributed by atoms with E-state index in [1.165, 1.54) is 107 Å². The van der Waals surface area contributed by atoms with Gasteiger partial charge in [0.2, 0.25) is 0 Å². The van der Waals surface area contributed by atoms with Crippen LogP contribution < -0.4 is 0 Å². The summed E-state index contributed by atoms with van der Waals surface area (Å²) in [6.07, 6.45) is 0. The Morgan fingerprint density at radius 1 is 0.256 bits per heavy atom. The molecule has 0 N–H and O–H groups in total. The predicted octanol–water partition coefficient (Wildman–Crippen LogP) is 20.0. The average molecular weight is 1010 g/mol. The molecule has 5 nitrogen and oxygen atoms in total. The smallest absolute Gasteiger partial charge is 0.135 e. The van der Waals surface area contributed by atoms with Crippen molar-refractivity contribution in [3.05, 3.63) is 255 Å². The lowest BCUT2D eigenvalue weighted by molar-refractivity contribution is 0.669. The number of thiophene rings is 1. The van der Waals surface area contributed by atoms with Crippen LogP contribution >= 0.6 is 11.3 Å². The molecule has 0 fully saturated rings. The Labute approximate surface area is 449 Å². The van der Waals surface area contributed by atoms with E-state index in [4.69, 9.17) is 4.42 Å². The Balaban J connectivity index is 0.820. The molecule has 0 bridgehead atoms. The molecule has 6 aromatic heterocycles. The van der Waals surface area contributed by atoms with Crippen molar-refractivity contribution in [1.82, 2.24) is 18.3 Å². The Hall–Kier alpha value is -10.1. The van der Waals surface area contributed by atoms with Gasteiger partial charge < -0.3 is 22.7 Å². The van der Waals surface area contributed by atoms with E-state index in [1.807, 2.05) is 23.5 Å². The van der Waals surface area contributed by atoms with Crippen LogP contribution in [0.5, 0.6) is 0 Å². The van der Waals surface area contributed by atoms with Gasteiger partial charge in [-0.1, -0.05) is 140 Å². The quantitative estimate of drug-likeness (QED) is 0.169. The van der Waals surface area contributed by atoms with Crippen molar-refractivity contribution in [1.29, 1.82) is 0 Å². The van der Waals surface area contributed by atoms with Crippen LogP contribution in [0.15, 0.2) is 259 Å². The van der Waals surface area contributed by atoms with Gasteiger partial charge in [-0.15, -0.1) is 11.3 Å². The summed E-state index contributed by atoms with van der Waals surface area (Å²) in [5, 5.41) is 14.6. The molecule has 0 amide bonds. The summed E-state index contributed by atoms with van der Waals surface area (Å²) < 4.78 is 18.8. The molecule has 78 heavy (non-hydrogen) atoms. The van der Waals surface area contributed by atoms with E-state index in [1.54, 1.807) is 0 Å². The fourth-order valence-corrected chi connectivity index (χ4v) is 14.6. The number of rotatable bonds is 5. The Bertz CT molecular complexity index is 5600. The van der Waals surface area contributed by atoms with Gasteiger partial charge in [0.15, 0.2) is 0 Å². The van der Waals surface area contributed by atoms with Crippen LogP contribution in [0.2, 0.25) is 0 Å². The number of furan rings is 1. The minimum atomic E-state index is 0.891. The van der Waals surface area contributed by atoms with Crippen LogP contribution in [0.1, 0.15) is 0 Å². The van der Waals surface area contributed by atoms with Gasteiger partial charge in [-0.25, -0.2) is 0 Å². The van der Waals surface area contributed by atoms with Crippen molar-refractivity contribution in [2.45, 2.75) is 0 Å². The summed E-state index contributed by atoms with van der Waals surface area (Å²) in [4.78, 5) is 0. The second-order valence-corrected chi connectivity index (χ2v) is 21.9. The molecular weight excluding hydrogens is 969 g/mol. The van der Waals surface area contributed by atoms with Crippen LogP contribution in [-0.2, 0) is 0 Å². The third kappa shape index (κ3) is 5.73. The highest BCUT2D eigenvalue weighted by Gasteiger charge is 2.23. The summed E-state index contributed by atoms with van der Waals surface area (Å²) in [6.45, 7) is 0. The standard InChI is InChI=1S/C72H42N4OS/c1-7-22-58-48(15-1)50-35-32-46(42-66(50)75(58)45-34-38-70-57(41-45)52-18-6-12-30-69(52)78-70)73-59-23-8-2-16-49(59)55-39-43(31-36-62(55)73)47-21-13-26-63-71(47)53-19-3-10-25-61(53)76(63)65-28-14-27-64-72(65)54-20-4-9-24-60(54)74(64)44-33-37-68-56(40-44)51-17-5-11-29-67(51)77-68/h1-42H. The van der Waals surface area contributed by atoms with Gasteiger partial charge in [0, 0.05) is 91.1 Å². The first-order valence-corrected chi connectivity index (χ1v) is 27.5. The van der Waals surface area contributed by atoms with Gasteiger partial charge in [-0.05, 0) is 126 Å². The number of para-hydroxylation sites is 5. The Morgan fingerprint density at radius 2 is 0.756 bits per heavy atom. The third-order valence-electron chi connectivity index (χ3n) is 16.8. The van der Waals surface area contributed by atoms with Gasteiger partial charge in [0.25, 0.3) is 0 Å². The van der Waals surface area contributed by atoms with Crippen LogP contribution in [0.4, 0.5) is 0 Å². The molecular formula is C72H42N4OS. The van der Waals surface area contributed by atoms with E-state index >= 15 is 0 Å². The lowest BCUT2D eigenvalue weighted by Crippen LogP contribution is -1.97. The monoisotopic (exact) mass is 1010 g/mol. The number of aromatic nitrogens is 4. The summed E-state index contributed by atoms with van der Waals surface area (Å²) >= 11 is 1.86. The largest absolute Gasteiger partial charge is 0.456 e. The van der Waals surface area contributed by atoms with Crippen LogP contribution in [0, 0.1) is 0 Å². The molecule has 6 heterocycles. The van der Waals surface area contributed by atoms with Crippen LogP contribution in [0.25, 0.3) is 163 Å². The van der Waals surface area contributed by atoms with Crippen LogP contribution in [-0.4, -0.2) is 18.3 Å². The highest BCUT2D eigenvalue weighted by atomic mass is 32.1. The van der Waals surface area contributed by atoms with Gasteiger partial charge in [0.1, 0.15) is 11.2 Å². The number of hydrogen-bond donors (Lipinski definition) is 0. The molecule has 0 aliphatic heterocycles. The maximum Gasteiger partial charge on any atom is 0.135 e. The maximum absolute atomic E-state index is 6.29. The fourth-order valence-electron chi connectivity index (χ4n) is 13.5. The SMILES string of the molecule is c1ccc2c(c1)oc1ccc(-n3c4ccccc4c4c(-n5c6ccccc6c6c(-c7ccc8c(c7)c7ccccc7n8-c7ccc8c9ccccc9n(-c9ccc%10sc%11ccccc%11c%10c9)c8c7)cccc65)cccc43)cc12. The van der Waals surface area contributed by atoms with Crippen LogP contribution in [0.3, 0.4) is 0 Å². The van der Waals surface area contributed by atoms with Crippen molar-refractivity contribution < 1.29 is 4.42 Å². The predicted molar refractivity (Wildman–Crippen MR) is 329 cm³/mol. The first kappa shape index (κ1) is 42.1. The van der Waals surface area contributed by atoms with Crippen molar-refractivity contribution in [2.24, 2.45) is 0 Å². The first-order valence-electron chi connectivity index (χ1n) is 26.7. The number of hydrogen-bond acceptors (Lipinski definition) is 2. The third-order valence-corrected chi connectivity index (χ3v) is 17.9. The molecule has 0 unspecified atom stereocenters. The second-order valence-electron chi connectivity index (χ2n) is 20.8. The summed E-state index contributed by atoms with van der Waals surface area (Å²) in [5.41, 5.74) is 18.1. The molecule has 0 spiro atoms. The molecule has 18 aromatic rings. The van der Waals surface area contributed by atoms with Crippen molar-refractivity contribution in [3.63, 3.8) is 0 Å². The van der Waals surface area contributed by atoms with Gasteiger partial charge in [0.05, 0.1) is 49.8 Å². The zero-order chi connectivity index (χ0) is 50.7. The normalized spacial score (nSPS) is 12.4. The summed E-state index contributed by atoms with van der Waals surface area (Å²) in [7, 11) is 0. The second kappa shape index (κ2) is 15.7. The number of fused-ring (bicyclic) bond motifs is 18. The highest BCUT2D eigenvalue weighted by Crippen LogP contribution is 2.45. The van der Waals surface area contributed by atoms with E-state index in [0.717, 1.165) is 55.7 Å². The Kier molecular flexibility index (Phi) is 8.49. The van der Waals surface area contributed by atoms with Gasteiger partial charge in [-0.3, -0.25) is 0 Å². The Morgan fingerprint density at radius 3 is 1.55 bits per heavy atom. The number of nitrogens with zero attached hydrogens (tertiary/aromatic N) is 4. The average Bonchev–Trinajstić information content (AvgIpc) is 4.47. The molecule has 18 rings (SSSR count). The number of benzene rings is 12. The molecule has 0 aliphatic rings. The molecule has 0 radical (unpaired) electrons. The lowest BCUT2D eigenvalue weighted by atomic mass is 9.98. The molecule has 6 heteroatoms. The van der Waals surface area contributed by atoms with Gasteiger partial charge >= 0.3 is 0 Å². The maximum atomic E-state index is 6.29. The van der Waals surface area contributed by atoms with Crippen molar-refractivity contribution >= 4 is 141 Å². The summed E-state index contributed by atoms with van der Waals surface area (Å²) in [6, 6.07) is 94.0. The topological polar surface area (TPSA) is 32.9 Å². The molecule has 362 valence electrons. The molecule has 0 aliphatic carbocycles. The molecule has 12 aromatic carbocycles. The fraction of sp³-hybridized carbons (Fsp3) is 0. The first-order chi connectivity index (χ1) is 38.7.